The van der Waals surface area contributed by atoms with Gasteiger partial charge in [0.15, 0.2) is 5.78 Å². The monoisotopic (exact) mass is 356 g/mol. The maximum Gasteiger partial charge on any atom is 0.325 e. The van der Waals surface area contributed by atoms with Crippen molar-refractivity contribution in [1.82, 2.24) is 10.2 Å². The number of benzene rings is 1. The van der Waals surface area contributed by atoms with Crippen LogP contribution >= 0.6 is 0 Å². The summed E-state index contributed by atoms with van der Waals surface area (Å²) in [6.07, 6.45) is 6.84. The summed E-state index contributed by atoms with van der Waals surface area (Å²) < 4.78 is 0. The summed E-state index contributed by atoms with van der Waals surface area (Å²) in [6.45, 7) is 3.97. The van der Waals surface area contributed by atoms with Crippen molar-refractivity contribution in [3.63, 3.8) is 0 Å². The normalized spacial score (nSPS) is 25.6. The molecular formula is C21H28N2O3. The number of hydrogen-bond donors (Lipinski definition) is 1. The van der Waals surface area contributed by atoms with Gasteiger partial charge in [-0.1, -0.05) is 57.4 Å². The average Bonchev–Trinajstić information content (AvgIpc) is 2.88. The molecule has 1 saturated heterocycles. The zero-order chi connectivity index (χ0) is 18.7. The number of unbranched alkanes of at least 4 members (excludes halogenated alkanes) is 1. The summed E-state index contributed by atoms with van der Waals surface area (Å²) in [7, 11) is 0. The van der Waals surface area contributed by atoms with Gasteiger partial charge in [0.25, 0.3) is 5.91 Å². The van der Waals surface area contributed by atoms with Gasteiger partial charge in [-0.15, -0.1) is 0 Å². The van der Waals surface area contributed by atoms with Gasteiger partial charge >= 0.3 is 6.03 Å². The molecule has 1 saturated carbocycles. The molecule has 1 aromatic carbocycles. The van der Waals surface area contributed by atoms with Crippen LogP contribution in [-0.4, -0.2) is 34.7 Å². The molecule has 0 radical (unpaired) electrons. The number of urea groups is 1. The number of carbonyl (C=O) groups excluding carboxylic acids is 3. The number of imide groups is 1. The van der Waals surface area contributed by atoms with E-state index >= 15 is 0 Å². The molecular weight excluding hydrogens is 328 g/mol. The van der Waals surface area contributed by atoms with E-state index in [9.17, 15) is 14.4 Å². The van der Waals surface area contributed by atoms with Crippen LogP contribution in [0, 0.1) is 5.92 Å². The number of carbonyl (C=O) groups is 3. The lowest BCUT2D eigenvalue weighted by Gasteiger charge is -2.36. The van der Waals surface area contributed by atoms with Gasteiger partial charge in [-0.25, -0.2) is 4.79 Å². The van der Waals surface area contributed by atoms with E-state index < -0.39 is 11.6 Å². The second-order valence-electron chi connectivity index (χ2n) is 7.66. The Morgan fingerprint density at radius 2 is 1.96 bits per heavy atom. The maximum absolute atomic E-state index is 12.9. The largest absolute Gasteiger partial charge is 0.325 e. The first kappa shape index (κ1) is 18.6. The van der Waals surface area contributed by atoms with Crippen LogP contribution in [0.3, 0.4) is 0 Å². The predicted octanol–water partition coefficient (Wildman–Crippen LogP) is 3.71. The molecule has 1 aromatic rings. The van der Waals surface area contributed by atoms with Gasteiger partial charge in [0.05, 0.1) is 6.54 Å². The Labute approximate surface area is 155 Å². The highest BCUT2D eigenvalue weighted by atomic mass is 16.2. The summed E-state index contributed by atoms with van der Waals surface area (Å²) in [4.78, 5) is 39.0. The van der Waals surface area contributed by atoms with Crippen LogP contribution in [0.4, 0.5) is 4.79 Å². The van der Waals surface area contributed by atoms with Crippen LogP contribution in [0.25, 0.3) is 0 Å². The van der Waals surface area contributed by atoms with Crippen LogP contribution in [-0.2, 0) is 11.2 Å². The van der Waals surface area contributed by atoms with E-state index in [4.69, 9.17) is 0 Å². The Kier molecular flexibility index (Phi) is 5.44. The zero-order valence-corrected chi connectivity index (χ0v) is 15.7. The van der Waals surface area contributed by atoms with Crippen molar-refractivity contribution in [2.45, 2.75) is 64.3 Å². The molecule has 1 aliphatic heterocycles. The topological polar surface area (TPSA) is 66.5 Å². The van der Waals surface area contributed by atoms with Gasteiger partial charge in [0.2, 0.25) is 0 Å². The van der Waals surface area contributed by atoms with Crippen LogP contribution in [0.5, 0.6) is 0 Å². The van der Waals surface area contributed by atoms with Gasteiger partial charge < -0.3 is 5.32 Å². The minimum absolute atomic E-state index is 0.102. The van der Waals surface area contributed by atoms with E-state index in [0.29, 0.717) is 12.0 Å². The lowest BCUT2D eigenvalue weighted by Crippen LogP contribution is -2.54. The SMILES string of the molecule is CCCCc1ccc(C(=O)CN2C(=O)N[C@@]3(CCCC[C@@H]3C)C2=O)cc1. The number of aryl methyl sites for hydroxylation is 1. The number of nitrogens with one attached hydrogen (secondary N) is 1. The van der Waals surface area contributed by atoms with E-state index in [1.807, 2.05) is 19.1 Å². The van der Waals surface area contributed by atoms with E-state index in [1.54, 1.807) is 12.1 Å². The predicted molar refractivity (Wildman–Crippen MR) is 100.0 cm³/mol. The minimum Gasteiger partial charge on any atom is -0.323 e. The van der Waals surface area contributed by atoms with Gasteiger partial charge in [-0.2, -0.15) is 0 Å². The van der Waals surface area contributed by atoms with Crippen LogP contribution in [0.15, 0.2) is 24.3 Å². The van der Waals surface area contributed by atoms with Crippen molar-refractivity contribution < 1.29 is 14.4 Å². The summed E-state index contributed by atoms with van der Waals surface area (Å²) in [6, 6.07) is 7.07. The van der Waals surface area contributed by atoms with Crippen molar-refractivity contribution >= 4 is 17.7 Å². The summed E-state index contributed by atoms with van der Waals surface area (Å²) in [5, 5.41) is 2.89. The Balaban J connectivity index is 1.69. The molecule has 1 N–H and O–H groups in total. The summed E-state index contributed by atoms with van der Waals surface area (Å²) >= 11 is 0. The molecule has 1 heterocycles. The molecule has 26 heavy (non-hydrogen) atoms. The van der Waals surface area contributed by atoms with Crippen LogP contribution in [0.2, 0.25) is 0 Å². The van der Waals surface area contributed by atoms with Crippen LogP contribution in [0.1, 0.15) is 68.3 Å². The number of nitrogens with zero attached hydrogens (tertiary/aromatic N) is 1. The molecule has 2 aliphatic rings. The van der Waals surface area contributed by atoms with Crippen molar-refractivity contribution in [3.05, 3.63) is 35.4 Å². The lowest BCUT2D eigenvalue weighted by atomic mass is 9.73. The fourth-order valence-electron chi connectivity index (χ4n) is 4.11. The Bertz CT molecular complexity index is 698. The molecule has 0 aromatic heterocycles. The van der Waals surface area contributed by atoms with E-state index in [1.165, 1.54) is 5.56 Å². The second-order valence-corrected chi connectivity index (χ2v) is 7.66. The van der Waals surface area contributed by atoms with Crippen molar-refractivity contribution in [1.29, 1.82) is 0 Å². The molecule has 1 aliphatic carbocycles. The fraction of sp³-hybridized carbons (Fsp3) is 0.571. The van der Waals surface area contributed by atoms with Gasteiger partial charge in [-0.3, -0.25) is 14.5 Å². The molecule has 140 valence electrons. The smallest absolute Gasteiger partial charge is 0.323 e. The third-order valence-corrected chi connectivity index (χ3v) is 5.90. The number of amides is 3. The molecule has 2 fully saturated rings. The first-order valence-electron chi connectivity index (χ1n) is 9.74. The highest BCUT2D eigenvalue weighted by Crippen LogP contribution is 2.38. The first-order valence-corrected chi connectivity index (χ1v) is 9.74. The van der Waals surface area contributed by atoms with Gasteiger partial charge in [0.1, 0.15) is 5.54 Å². The van der Waals surface area contributed by atoms with Crippen LogP contribution < -0.4 is 5.32 Å². The summed E-state index contributed by atoms with van der Waals surface area (Å²) in [5.74, 6) is -0.329. The van der Waals surface area contributed by atoms with Gasteiger partial charge in [-0.05, 0) is 37.2 Å². The highest BCUT2D eigenvalue weighted by Gasteiger charge is 2.55. The first-order chi connectivity index (χ1) is 12.5. The third-order valence-electron chi connectivity index (χ3n) is 5.90. The number of hydrogen-bond acceptors (Lipinski definition) is 3. The third kappa shape index (κ3) is 3.39. The summed E-state index contributed by atoms with van der Waals surface area (Å²) in [5.41, 5.74) is 0.941. The minimum atomic E-state index is -0.806. The molecule has 0 bridgehead atoms. The molecule has 3 amide bonds. The second kappa shape index (κ2) is 7.60. The zero-order valence-electron chi connectivity index (χ0n) is 15.7. The molecule has 3 rings (SSSR count). The number of ketones is 1. The van der Waals surface area contributed by atoms with Crippen molar-refractivity contribution in [2.24, 2.45) is 5.92 Å². The maximum atomic E-state index is 12.9. The van der Waals surface area contributed by atoms with Crippen molar-refractivity contribution in [3.8, 4) is 0 Å². The molecule has 5 nitrogen and oxygen atoms in total. The van der Waals surface area contributed by atoms with E-state index in [-0.39, 0.29) is 24.2 Å². The Morgan fingerprint density at radius 3 is 2.62 bits per heavy atom. The standard InChI is InChI=1S/C21H28N2O3/c1-3-4-8-16-9-11-17(12-10-16)18(24)14-23-19(25)21(22-20(23)26)13-6-5-7-15(21)2/h9-12,15H,3-8,13-14H2,1-2H3,(H,22,26)/t15-,21+/m0/s1. The quantitative estimate of drug-likeness (QED) is 0.624. The molecule has 2 atom stereocenters. The van der Waals surface area contributed by atoms with Gasteiger partial charge in [0, 0.05) is 5.56 Å². The lowest BCUT2D eigenvalue weighted by molar-refractivity contribution is -0.133. The number of rotatable bonds is 6. The Morgan fingerprint density at radius 1 is 1.23 bits per heavy atom. The van der Waals surface area contributed by atoms with Crippen molar-refractivity contribution in [2.75, 3.05) is 6.54 Å². The Hall–Kier alpha value is -2.17. The average molecular weight is 356 g/mol. The molecule has 0 unspecified atom stereocenters. The number of Topliss-reactive ketones (excluding diaryl/α,β-unsaturated/α-hetero) is 1. The van der Waals surface area contributed by atoms with E-state index in [0.717, 1.165) is 43.4 Å². The highest BCUT2D eigenvalue weighted by molar-refractivity contribution is 6.11. The molecule has 1 spiro atoms. The van der Waals surface area contributed by atoms with E-state index in [2.05, 4.69) is 12.2 Å². The molecule has 5 heteroatoms. The fourth-order valence-corrected chi connectivity index (χ4v) is 4.11.